The normalized spacial score (nSPS) is 14.5. The van der Waals surface area contributed by atoms with Gasteiger partial charge in [0, 0.05) is 35.8 Å². The second kappa shape index (κ2) is 5.61. The van der Waals surface area contributed by atoms with E-state index in [0.29, 0.717) is 11.7 Å². The van der Waals surface area contributed by atoms with Crippen LogP contribution in [0.3, 0.4) is 0 Å². The van der Waals surface area contributed by atoms with Gasteiger partial charge in [0.2, 0.25) is 0 Å². The molecule has 3 aromatic heterocycles. The minimum absolute atomic E-state index is 0.369. The molecule has 0 aromatic carbocycles. The van der Waals surface area contributed by atoms with Crippen molar-refractivity contribution in [3.8, 4) is 11.3 Å². The highest BCUT2D eigenvalue weighted by Crippen LogP contribution is 2.31. The first-order chi connectivity index (χ1) is 11.6. The predicted molar refractivity (Wildman–Crippen MR) is 90.7 cm³/mol. The zero-order chi connectivity index (χ0) is 16.7. The Labute approximate surface area is 138 Å². The maximum Gasteiger partial charge on any atom is 0.317 e. The van der Waals surface area contributed by atoms with Gasteiger partial charge in [-0.3, -0.25) is 10.3 Å². The maximum absolute atomic E-state index is 11.1. The van der Waals surface area contributed by atoms with Crippen LogP contribution in [0.25, 0.3) is 22.2 Å². The van der Waals surface area contributed by atoms with Crippen molar-refractivity contribution in [3.05, 3.63) is 42.4 Å². The molecule has 2 amide bonds. The summed E-state index contributed by atoms with van der Waals surface area (Å²) in [5, 5.41) is 3.48. The molecule has 0 spiro atoms. The second-order valence-corrected chi connectivity index (χ2v) is 5.91. The van der Waals surface area contributed by atoms with Crippen LogP contribution < -0.4 is 11.1 Å². The summed E-state index contributed by atoms with van der Waals surface area (Å²) in [5.41, 5.74) is 9.06. The number of ether oxygens (including phenoxy) is 1. The molecular weight excluding hydrogens is 306 g/mol. The minimum Gasteiger partial charge on any atom is -0.380 e. The Kier molecular flexibility index (Phi) is 3.42. The van der Waals surface area contributed by atoms with E-state index >= 15 is 0 Å². The first-order valence-electron chi connectivity index (χ1n) is 7.68. The number of nitrogens with zero attached hydrogens (tertiary/aromatic N) is 3. The number of aryl methyl sites for hydroxylation is 1. The lowest BCUT2D eigenvalue weighted by molar-refractivity contribution is 0.00676. The van der Waals surface area contributed by atoms with Gasteiger partial charge in [0.05, 0.1) is 30.6 Å². The van der Waals surface area contributed by atoms with Gasteiger partial charge in [0.25, 0.3) is 0 Å². The molecule has 0 atom stereocenters. The summed E-state index contributed by atoms with van der Waals surface area (Å²) in [6, 6.07) is 7.21. The third-order valence-corrected chi connectivity index (χ3v) is 4.23. The van der Waals surface area contributed by atoms with E-state index in [-0.39, 0.29) is 0 Å². The second-order valence-electron chi connectivity index (χ2n) is 5.91. The van der Waals surface area contributed by atoms with E-state index in [1.54, 1.807) is 6.20 Å². The molecule has 3 N–H and O–H groups in total. The zero-order valence-corrected chi connectivity index (χ0v) is 13.2. The molecule has 0 saturated carbocycles. The number of aromatic nitrogens is 3. The molecular formula is C17H17N5O2. The van der Waals surface area contributed by atoms with Gasteiger partial charge >= 0.3 is 6.03 Å². The van der Waals surface area contributed by atoms with E-state index in [4.69, 9.17) is 15.5 Å². The Morgan fingerprint density at radius 3 is 2.96 bits per heavy atom. The van der Waals surface area contributed by atoms with Gasteiger partial charge in [-0.25, -0.2) is 9.78 Å². The third-order valence-electron chi connectivity index (χ3n) is 4.23. The predicted octanol–water partition coefficient (Wildman–Crippen LogP) is 2.24. The summed E-state index contributed by atoms with van der Waals surface area (Å²) >= 11 is 0. The van der Waals surface area contributed by atoms with Crippen molar-refractivity contribution >= 4 is 22.8 Å². The van der Waals surface area contributed by atoms with Crippen LogP contribution in [0, 0.1) is 0 Å². The molecule has 0 bridgehead atoms. The zero-order valence-electron chi connectivity index (χ0n) is 13.2. The molecule has 3 aromatic rings. The fourth-order valence-corrected chi connectivity index (χ4v) is 2.91. The number of hydrogen-bond acceptors (Lipinski definition) is 4. The molecule has 1 aliphatic heterocycles. The van der Waals surface area contributed by atoms with E-state index in [2.05, 4.69) is 10.3 Å². The van der Waals surface area contributed by atoms with Crippen LogP contribution in [0.2, 0.25) is 0 Å². The van der Waals surface area contributed by atoms with E-state index in [0.717, 1.165) is 41.1 Å². The number of anilines is 1. The molecule has 122 valence electrons. The summed E-state index contributed by atoms with van der Waals surface area (Å²) in [4.78, 5) is 20.1. The number of rotatable bonds is 3. The number of fused-ring (bicyclic) bond motifs is 1. The molecule has 4 rings (SSSR count). The maximum atomic E-state index is 11.1. The summed E-state index contributed by atoms with van der Waals surface area (Å²) in [5.74, 6) is 0.791. The number of carbonyl (C=O) groups excluding carboxylic acids is 1. The Bertz CT molecular complexity index is 930. The van der Waals surface area contributed by atoms with Gasteiger partial charge in [0.1, 0.15) is 5.82 Å². The Morgan fingerprint density at radius 1 is 1.42 bits per heavy atom. The monoisotopic (exact) mass is 323 g/mol. The van der Waals surface area contributed by atoms with Crippen molar-refractivity contribution in [2.45, 2.75) is 5.92 Å². The number of nitrogens with one attached hydrogen (secondary N) is 1. The lowest BCUT2D eigenvalue weighted by atomic mass is 10.0. The fourth-order valence-electron chi connectivity index (χ4n) is 2.91. The highest BCUT2D eigenvalue weighted by Gasteiger charge is 2.22. The summed E-state index contributed by atoms with van der Waals surface area (Å²) in [6.07, 6.45) is 3.73. The van der Waals surface area contributed by atoms with Gasteiger partial charge in [0.15, 0.2) is 0 Å². The van der Waals surface area contributed by atoms with Crippen molar-refractivity contribution < 1.29 is 9.53 Å². The first-order valence-corrected chi connectivity index (χ1v) is 7.68. The Hall–Kier alpha value is -2.93. The average molecular weight is 323 g/mol. The van der Waals surface area contributed by atoms with Gasteiger partial charge in [-0.05, 0) is 18.2 Å². The molecule has 7 nitrogen and oxygen atoms in total. The Morgan fingerprint density at radius 2 is 2.25 bits per heavy atom. The SMILES string of the molecule is Cn1cc(-c2cccc(C3COC3)n2)c2cc(NC(N)=O)ncc21. The van der Waals surface area contributed by atoms with E-state index in [9.17, 15) is 4.79 Å². The van der Waals surface area contributed by atoms with E-state index < -0.39 is 6.03 Å². The Balaban J connectivity index is 1.82. The molecule has 1 fully saturated rings. The lowest BCUT2D eigenvalue weighted by Gasteiger charge is -2.25. The average Bonchev–Trinajstić information content (AvgIpc) is 2.82. The lowest BCUT2D eigenvalue weighted by Crippen LogP contribution is -2.25. The van der Waals surface area contributed by atoms with Gasteiger partial charge in [-0.15, -0.1) is 0 Å². The standard InChI is InChI=1S/C17H17N5O2/c1-22-7-12(11-5-16(21-17(18)23)19-6-15(11)22)14-4-2-3-13(20-14)10-8-24-9-10/h2-7,10H,8-9H2,1H3,(H3,18,19,21,23). The van der Waals surface area contributed by atoms with Crippen LogP contribution >= 0.6 is 0 Å². The van der Waals surface area contributed by atoms with Gasteiger partial charge in [-0.2, -0.15) is 0 Å². The third kappa shape index (κ3) is 2.48. The van der Waals surface area contributed by atoms with Crippen LogP contribution in [0.4, 0.5) is 10.6 Å². The summed E-state index contributed by atoms with van der Waals surface area (Å²) in [7, 11) is 1.96. The number of primary amides is 1. The molecule has 1 aliphatic rings. The van der Waals surface area contributed by atoms with E-state index in [1.807, 2.05) is 42.1 Å². The number of amides is 2. The topological polar surface area (TPSA) is 95.1 Å². The van der Waals surface area contributed by atoms with Crippen molar-refractivity contribution in [3.63, 3.8) is 0 Å². The summed E-state index contributed by atoms with van der Waals surface area (Å²) in [6.45, 7) is 1.45. The first kappa shape index (κ1) is 14.6. The van der Waals surface area contributed by atoms with Crippen molar-refractivity contribution in [2.75, 3.05) is 18.5 Å². The molecule has 4 heterocycles. The number of carbonyl (C=O) groups is 1. The fraction of sp³-hybridized carbons (Fsp3) is 0.235. The number of nitrogens with two attached hydrogens (primary N) is 1. The van der Waals surface area contributed by atoms with Crippen molar-refractivity contribution in [2.24, 2.45) is 12.8 Å². The molecule has 0 unspecified atom stereocenters. The number of urea groups is 1. The number of hydrogen-bond donors (Lipinski definition) is 2. The van der Waals surface area contributed by atoms with Crippen LogP contribution in [-0.2, 0) is 11.8 Å². The van der Waals surface area contributed by atoms with Gasteiger partial charge in [-0.1, -0.05) is 6.07 Å². The molecule has 0 radical (unpaired) electrons. The van der Waals surface area contributed by atoms with Gasteiger partial charge < -0.3 is 15.0 Å². The molecule has 0 aliphatic carbocycles. The van der Waals surface area contributed by atoms with E-state index in [1.165, 1.54) is 0 Å². The minimum atomic E-state index is -0.635. The van der Waals surface area contributed by atoms with Crippen LogP contribution in [0.15, 0.2) is 36.7 Å². The molecule has 7 heteroatoms. The highest BCUT2D eigenvalue weighted by molar-refractivity contribution is 5.98. The number of pyridine rings is 2. The van der Waals surface area contributed by atoms with Crippen molar-refractivity contribution in [1.82, 2.24) is 14.5 Å². The summed E-state index contributed by atoms with van der Waals surface area (Å²) < 4.78 is 7.25. The quantitative estimate of drug-likeness (QED) is 0.772. The highest BCUT2D eigenvalue weighted by atomic mass is 16.5. The smallest absolute Gasteiger partial charge is 0.317 e. The molecule has 1 saturated heterocycles. The van der Waals surface area contributed by atoms with Crippen LogP contribution in [-0.4, -0.2) is 33.8 Å². The largest absolute Gasteiger partial charge is 0.380 e. The molecule has 24 heavy (non-hydrogen) atoms. The van der Waals surface area contributed by atoms with Crippen LogP contribution in [0.1, 0.15) is 11.6 Å². The van der Waals surface area contributed by atoms with Crippen molar-refractivity contribution in [1.29, 1.82) is 0 Å². The van der Waals surface area contributed by atoms with Crippen LogP contribution in [0.5, 0.6) is 0 Å².